The highest BCUT2D eigenvalue weighted by Gasteiger charge is 2.21. The van der Waals surface area contributed by atoms with Crippen LogP contribution in [0.15, 0.2) is 60.9 Å². The molecule has 0 spiro atoms. The topological polar surface area (TPSA) is 60.0 Å². The highest BCUT2D eigenvalue weighted by Crippen LogP contribution is 2.35. The van der Waals surface area contributed by atoms with Crippen molar-refractivity contribution in [3.63, 3.8) is 0 Å². The van der Waals surface area contributed by atoms with Gasteiger partial charge in [-0.3, -0.25) is 0 Å². The average Bonchev–Trinajstić information content (AvgIpc) is 2.80. The molecule has 0 N–H and O–H groups in total. The highest BCUT2D eigenvalue weighted by molar-refractivity contribution is 5.66. The number of hydrogen-bond donors (Lipinski definition) is 0. The van der Waals surface area contributed by atoms with Crippen LogP contribution >= 0.6 is 0 Å². The lowest BCUT2D eigenvalue weighted by Crippen LogP contribution is -2.36. The number of nitrogens with zero attached hydrogens (tertiary/aromatic N) is 4. The monoisotopic (exact) mass is 390 g/mol. The van der Waals surface area contributed by atoms with Gasteiger partial charge >= 0.3 is 0 Å². The van der Waals surface area contributed by atoms with E-state index in [1.165, 1.54) is 0 Å². The van der Waals surface area contributed by atoms with E-state index in [0.717, 1.165) is 49.2 Å². The molecule has 0 aliphatic carbocycles. The maximum atomic E-state index is 6.00. The quantitative estimate of drug-likeness (QED) is 0.674. The Kier molecular flexibility index (Phi) is 4.88. The maximum absolute atomic E-state index is 6.00. The molecule has 0 atom stereocenters. The third-order valence-corrected chi connectivity index (χ3v) is 5.01. The van der Waals surface area contributed by atoms with Gasteiger partial charge in [0.25, 0.3) is 0 Å². The zero-order valence-electron chi connectivity index (χ0n) is 16.0. The summed E-state index contributed by atoms with van der Waals surface area (Å²) in [7, 11) is 0. The molecule has 1 fully saturated rings. The summed E-state index contributed by atoms with van der Waals surface area (Å²) < 4.78 is 17.1. The van der Waals surface area contributed by atoms with Gasteiger partial charge in [-0.1, -0.05) is 18.2 Å². The molecule has 2 aliphatic heterocycles. The molecule has 29 heavy (non-hydrogen) atoms. The molecule has 0 bridgehead atoms. The van der Waals surface area contributed by atoms with Gasteiger partial charge < -0.3 is 24.0 Å². The summed E-state index contributed by atoms with van der Waals surface area (Å²) in [5, 5.41) is 0. The Labute approximate surface area is 169 Å². The SMILES string of the molecule is c1cc(Oc2cnc(N3CCOc4ccccc43)nc2)cc(N2CCOCC2)c1. The van der Waals surface area contributed by atoms with Crippen molar-refractivity contribution < 1.29 is 14.2 Å². The van der Waals surface area contributed by atoms with E-state index in [1.54, 1.807) is 12.4 Å². The lowest BCUT2D eigenvalue weighted by atomic mass is 10.2. The molecule has 0 unspecified atom stereocenters. The van der Waals surface area contributed by atoms with Crippen molar-refractivity contribution in [1.29, 1.82) is 0 Å². The lowest BCUT2D eigenvalue weighted by Gasteiger charge is -2.29. The number of fused-ring (bicyclic) bond motifs is 1. The highest BCUT2D eigenvalue weighted by atomic mass is 16.5. The maximum Gasteiger partial charge on any atom is 0.230 e. The number of ether oxygens (including phenoxy) is 3. The second kappa shape index (κ2) is 7.97. The Morgan fingerprint density at radius 2 is 1.66 bits per heavy atom. The number of morpholine rings is 1. The molecule has 1 aromatic heterocycles. The van der Waals surface area contributed by atoms with Crippen LogP contribution in [0.2, 0.25) is 0 Å². The zero-order chi connectivity index (χ0) is 19.5. The van der Waals surface area contributed by atoms with Crippen molar-refractivity contribution in [3.05, 3.63) is 60.9 Å². The van der Waals surface area contributed by atoms with Crippen LogP contribution in [-0.2, 0) is 4.74 Å². The summed E-state index contributed by atoms with van der Waals surface area (Å²) in [6.45, 7) is 4.60. The second-order valence-corrected chi connectivity index (χ2v) is 6.89. The molecular weight excluding hydrogens is 368 g/mol. The Balaban J connectivity index is 1.32. The standard InChI is InChI=1S/C22H22N4O3/c1-2-7-21-20(6-1)26(10-13-28-21)22-23-15-19(16-24-22)29-18-5-3-4-17(14-18)25-8-11-27-12-9-25/h1-7,14-16H,8-13H2. The van der Waals surface area contributed by atoms with Gasteiger partial charge in [0.05, 0.1) is 37.8 Å². The smallest absolute Gasteiger partial charge is 0.230 e. The van der Waals surface area contributed by atoms with Crippen LogP contribution < -0.4 is 19.3 Å². The van der Waals surface area contributed by atoms with Crippen LogP contribution in [0, 0.1) is 0 Å². The second-order valence-electron chi connectivity index (χ2n) is 6.89. The third kappa shape index (κ3) is 3.82. The number of aromatic nitrogens is 2. The van der Waals surface area contributed by atoms with Crippen LogP contribution in [0.1, 0.15) is 0 Å². The first-order valence-electron chi connectivity index (χ1n) is 9.79. The van der Waals surface area contributed by atoms with Crippen molar-refractivity contribution in [2.24, 2.45) is 0 Å². The van der Waals surface area contributed by atoms with Crippen molar-refractivity contribution >= 4 is 17.3 Å². The lowest BCUT2D eigenvalue weighted by molar-refractivity contribution is 0.122. The number of hydrogen-bond acceptors (Lipinski definition) is 7. The zero-order valence-corrected chi connectivity index (χ0v) is 16.0. The Hall–Kier alpha value is -3.32. The van der Waals surface area contributed by atoms with Crippen molar-refractivity contribution in [2.45, 2.75) is 0 Å². The predicted molar refractivity (Wildman–Crippen MR) is 111 cm³/mol. The van der Waals surface area contributed by atoms with Gasteiger partial charge in [0.15, 0.2) is 5.75 Å². The number of para-hydroxylation sites is 2. The number of benzene rings is 2. The van der Waals surface area contributed by atoms with Crippen molar-refractivity contribution in [1.82, 2.24) is 9.97 Å². The minimum Gasteiger partial charge on any atom is -0.490 e. The van der Waals surface area contributed by atoms with Crippen LogP contribution in [0.5, 0.6) is 17.2 Å². The van der Waals surface area contributed by atoms with Gasteiger partial charge in [-0.15, -0.1) is 0 Å². The molecule has 7 nitrogen and oxygen atoms in total. The largest absolute Gasteiger partial charge is 0.490 e. The molecule has 7 heteroatoms. The summed E-state index contributed by atoms with van der Waals surface area (Å²) in [5.74, 6) is 2.86. The molecule has 2 aromatic carbocycles. The summed E-state index contributed by atoms with van der Waals surface area (Å²) >= 11 is 0. The van der Waals surface area contributed by atoms with E-state index >= 15 is 0 Å². The normalized spacial score (nSPS) is 16.1. The summed E-state index contributed by atoms with van der Waals surface area (Å²) in [6.07, 6.45) is 3.42. The fourth-order valence-electron chi connectivity index (χ4n) is 3.58. The molecule has 1 saturated heterocycles. The number of rotatable bonds is 4. The minimum atomic E-state index is 0.604. The first kappa shape index (κ1) is 17.8. The summed E-state index contributed by atoms with van der Waals surface area (Å²) in [4.78, 5) is 13.4. The first-order chi connectivity index (χ1) is 14.4. The van der Waals surface area contributed by atoms with Gasteiger partial charge in [0.1, 0.15) is 18.1 Å². The predicted octanol–water partition coefficient (Wildman–Crippen LogP) is 3.64. The van der Waals surface area contributed by atoms with Gasteiger partial charge in [-0.2, -0.15) is 0 Å². The van der Waals surface area contributed by atoms with E-state index in [4.69, 9.17) is 14.2 Å². The molecule has 2 aliphatic rings. The first-order valence-corrected chi connectivity index (χ1v) is 9.79. The van der Waals surface area contributed by atoms with Crippen LogP contribution in [0.4, 0.5) is 17.3 Å². The van der Waals surface area contributed by atoms with Crippen molar-refractivity contribution in [2.75, 3.05) is 49.3 Å². The molecule has 3 heterocycles. The fourth-order valence-corrected chi connectivity index (χ4v) is 3.58. The van der Waals surface area contributed by atoms with Gasteiger partial charge in [0, 0.05) is 24.8 Å². The minimum absolute atomic E-state index is 0.604. The van der Waals surface area contributed by atoms with Crippen LogP contribution in [0.3, 0.4) is 0 Å². The molecule has 148 valence electrons. The molecular formula is C22H22N4O3. The van der Waals surface area contributed by atoms with E-state index in [-0.39, 0.29) is 0 Å². The van der Waals surface area contributed by atoms with E-state index in [0.29, 0.717) is 24.8 Å². The van der Waals surface area contributed by atoms with E-state index in [9.17, 15) is 0 Å². The van der Waals surface area contributed by atoms with Crippen molar-refractivity contribution in [3.8, 4) is 17.2 Å². The van der Waals surface area contributed by atoms with E-state index in [1.807, 2.05) is 42.5 Å². The van der Waals surface area contributed by atoms with E-state index < -0.39 is 0 Å². The average molecular weight is 390 g/mol. The van der Waals surface area contributed by atoms with Gasteiger partial charge in [-0.05, 0) is 24.3 Å². The number of anilines is 3. The molecule has 3 aromatic rings. The summed E-state index contributed by atoms with van der Waals surface area (Å²) in [5.41, 5.74) is 2.11. The fraction of sp³-hybridized carbons (Fsp3) is 0.273. The molecule has 0 amide bonds. The Morgan fingerprint density at radius 1 is 0.828 bits per heavy atom. The Bertz CT molecular complexity index is 974. The van der Waals surface area contributed by atoms with Gasteiger partial charge in [0.2, 0.25) is 5.95 Å². The molecule has 0 saturated carbocycles. The third-order valence-electron chi connectivity index (χ3n) is 5.01. The summed E-state index contributed by atoms with van der Waals surface area (Å²) in [6, 6.07) is 16.0. The molecule has 5 rings (SSSR count). The van der Waals surface area contributed by atoms with Gasteiger partial charge in [-0.25, -0.2) is 9.97 Å². The van der Waals surface area contributed by atoms with E-state index in [2.05, 4.69) is 25.8 Å². The van der Waals surface area contributed by atoms with Crippen LogP contribution in [0.25, 0.3) is 0 Å². The Morgan fingerprint density at radius 3 is 2.52 bits per heavy atom. The molecule has 0 radical (unpaired) electrons. The van der Waals surface area contributed by atoms with Crippen LogP contribution in [-0.4, -0.2) is 49.4 Å².